The molecule has 5 aromatic rings. The first-order chi connectivity index (χ1) is 23.2. The van der Waals surface area contributed by atoms with Crippen LogP contribution in [0.1, 0.15) is 79.0 Å². The molecule has 1 aliphatic heterocycles. The van der Waals surface area contributed by atoms with Crippen molar-refractivity contribution in [2.45, 2.75) is 49.9 Å². The quantitative estimate of drug-likeness (QED) is 0.190. The van der Waals surface area contributed by atoms with Crippen LogP contribution in [-0.2, 0) is 25.0 Å². The molecule has 0 bridgehead atoms. The number of anilines is 1. The van der Waals surface area contributed by atoms with Gasteiger partial charge in [-0.1, -0.05) is 103 Å². The van der Waals surface area contributed by atoms with E-state index in [0.717, 1.165) is 37.0 Å². The molecular formula is C42H36N2O2S. The largest absolute Gasteiger partial charge is 0.345 e. The summed E-state index contributed by atoms with van der Waals surface area (Å²) < 4.78 is 0. The first-order valence-electron chi connectivity index (χ1n) is 16.5. The fraction of sp³-hybridized carbons (Fsp3) is 0.190. The molecule has 0 aromatic heterocycles. The van der Waals surface area contributed by atoms with E-state index in [1.165, 1.54) is 44.6 Å². The number of rotatable bonds is 6. The SMILES string of the molecule is O=C(Cc1ccccc1C(=O)NC1CCC(N2C=CSCc3ccccc32)c2ccc3c(c21)CCc1ccccc1-3)c1ccccc1. The van der Waals surface area contributed by atoms with Gasteiger partial charge >= 0.3 is 0 Å². The summed E-state index contributed by atoms with van der Waals surface area (Å²) in [4.78, 5) is 29.8. The number of amides is 1. The first-order valence-corrected chi connectivity index (χ1v) is 17.6. The first kappa shape index (κ1) is 29.5. The number of hydrogen-bond acceptors (Lipinski definition) is 4. The van der Waals surface area contributed by atoms with Crippen LogP contribution in [0.4, 0.5) is 5.69 Å². The van der Waals surface area contributed by atoms with Crippen LogP contribution in [0, 0.1) is 0 Å². The average molecular weight is 633 g/mol. The normalized spacial score (nSPS) is 17.8. The Morgan fingerprint density at radius 2 is 1.51 bits per heavy atom. The Bertz CT molecular complexity index is 2020. The van der Waals surface area contributed by atoms with Gasteiger partial charge < -0.3 is 10.2 Å². The van der Waals surface area contributed by atoms with E-state index >= 15 is 0 Å². The van der Waals surface area contributed by atoms with Gasteiger partial charge in [-0.15, -0.1) is 11.8 Å². The van der Waals surface area contributed by atoms with Gasteiger partial charge in [0.25, 0.3) is 5.91 Å². The number of thioether (sulfide) groups is 1. The molecule has 3 aliphatic rings. The summed E-state index contributed by atoms with van der Waals surface area (Å²) in [6.45, 7) is 0. The number of aryl methyl sites for hydroxylation is 1. The highest BCUT2D eigenvalue weighted by Crippen LogP contribution is 2.48. The number of ketones is 1. The molecule has 4 nitrogen and oxygen atoms in total. The van der Waals surface area contributed by atoms with E-state index in [1.807, 2.05) is 66.4 Å². The molecule has 2 atom stereocenters. The smallest absolute Gasteiger partial charge is 0.252 e. The monoisotopic (exact) mass is 632 g/mol. The zero-order chi connectivity index (χ0) is 31.7. The summed E-state index contributed by atoms with van der Waals surface area (Å²) in [5.41, 5.74) is 12.4. The third-order valence-corrected chi connectivity index (χ3v) is 10.7. The van der Waals surface area contributed by atoms with Gasteiger partial charge in [0.1, 0.15) is 0 Å². The minimum absolute atomic E-state index is 0.00777. The van der Waals surface area contributed by atoms with E-state index in [-0.39, 0.29) is 30.2 Å². The van der Waals surface area contributed by atoms with Crippen molar-refractivity contribution in [3.63, 3.8) is 0 Å². The molecule has 0 saturated heterocycles. The summed E-state index contributed by atoms with van der Waals surface area (Å²) in [5.74, 6) is 0.837. The summed E-state index contributed by atoms with van der Waals surface area (Å²) in [5, 5.41) is 5.70. The highest BCUT2D eigenvalue weighted by atomic mass is 32.2. The van der Waals surface area contributed by atoms with Crippen molar-refractivity contribution in [3.05, 3.63) is 171 Å². The molecule has 1 heterocycles. The van der Waals surface area contributed by atoms with Crippen LogP contribution in [0.15, 0.2) is 127 Å². The van der Waals surface area contributed by atoms with Gasteiger partial charge in [-0.25, -0.2) is 0 Å². The van der Waals surface area contributed by atoms with Crippen molar-refractivity contribution in [1.29, 1.82) is 0 Å². The van der Waals surface area contributed by atoms with Crippen LogP contribution in [0.25, 0.3) is 11.1 Å². The molecule has 0 saturated carbocycles. The van der Waals surface area contributed by atoms with E-state index in [4.69, 9.17) is 0 Å². The van der Waals surface area contributed by atoms with Crippen LogP contribution in [-0.4, -0.2) is 11.7 Å². The molecule has 232 valence electrons. The predicted octanol–water partition coefficient (Wildman–Crippen LogP) is 9.41. The highest BCUT2D eigenvalue weighted by molar-refractivity contribution is 8.01. The number of fused-ring (bicyclic) bond motifs is 6. The van der Waals surface area contributed by atoms with E-state index in [1.54, 1.807) is 0 Å². The van der Waals surface area contributed by atoms with Gasteiger partial charge in [0.2, 0.25) is 0 Å². The minimum atomic E-state index is -0.132. The maximum atomic E-state index is 14.2. The lowest BCUT2D eigenvalue weighted by atomic mass is 9.74. The second kappa shape index (κ2) is 12.7. The molecule has 5 heteroatoms. The van der Waals surface area contributed by atoms with Gasteiger partial charge in [0.15, 0.2) is 5.78 Å². The summed E-state index contributed by atoms with van der Waals surface area (Å²) >= 11 is 1.83. The van der Waals surface area contributed by atoms with E-state index in [0.29, 0.717) is 11.1 Å². The Balaban J connectivity index is 1.18. The minimum Gasteiger partial charge on any atom is -0.345 e. The molecule has 2 unspecified atom stereocenters. The predicted molar refractivity (Wildman–Crippen MR) is 192 cm³/mol. The Morgan fingerprint density at radius 1 is 0.745 bits per heavy atom. The second-order valence-corrected chi connectivity index (χ2v) is 13.5. The van der Waals surface area contributed by atoms with Crippen LogP contribution >= 0.6 is 11.8 Å². The molecule has 1 N–H and O–H groups in total. The highest BCUT2D eigenvalue weighted by Gasteiger charge is 2.36. The Labute approximate surface area is 280 Å². The molecule has 0 radical (unpaired) electrons. The average Bonchev–Trinajstić information content (AvgIpc) is 3.34. The van der Waals surface area contributed by atoms with Crippen LogP contribution in [0.3, 0.4) is 0 Å². The molecule has 2 aliphatic carbocycles. The van der Waals surface area contributed by atoms with Crippen molar-refractivity contribution >= 4 is 29.1 Å². The Hall–Kier alpha value is -4.87. The van der Waals surface area contributed by atoms with Crippen LogP contribution < -0.4 is 10.2 Å². The molecule has 0 spiro atoms. The van der Waals surface area contributed by atoms with Gasteiger partial charge in [0, 0.05) is 35.2 Å². The van der Waals surface area contributed by atoms with E-state index in [9.17, 15) is 9.59 Å². The third-order valence-electron chi connectivity index (χ3n) is 9.96. The van der Waals surface area contributed by atoms with E-state index in [2.05, 4.69) is 82.5 Å². The van der Waals surface area contributed by atoms with Crippen LogP contribution in [0.5, 0.6) is 0 Å². The fourth-order valence-corrected chi connectivity index (χ4v) is 8.48. The standard InChI is InChI=1S/C42H36N2O2S/c45-40(29-11-2-1-3-12-29)26-30-13-5-8-16-33(30)42(46)43-37-22-23-39(44-24-25-47-27-31-14-6-9-17-38(31)44)36-21-20-34-32-15-7-4-10-28(32)18-19-35(34)41(36)37/h1-17,20-21,24-25,37,39H,18-19,22-23,26-27H2,(H,43,46). The number of para-hydroxylation sites is 1. The molecule has 5 aromatic carbocycles. The molecule has 1 amide bonds. The van der Waals surface area contributed by atoms with E-state index < -0.39 is 0 Å². The number of Topliss-reactive ketones (excluding diaryl/α,β-unsaturated/α-hetero) is 1. The Kier molecular flexibility index (Phi) is 8.00. The van der Waals surface area contributed by atoms with Gasteiger partial charge in [-0.2, -0.15) is 0 Å². The summed E-state index contributed by atoms with van der Waals surface area (Å²) in [6, 6.07) is 39.0. The number of carbonyl (C=O) groups is 2. The van der Waals surface area contributed by atoms with Crippen molar-refractivity contribution in [2.75, 3.05) is 4.90 Å². The zero-order valence-corrected chi connectivity index (χ0v) is 27.0. The lowest BCUT2D eigenvalue weighted by Crippen LogP contribution is -2.37. The lowest BCUT2D eigenvalue weighted by Gasteiger charge is -2.41. The number of nitrogens with zero attached hydrogens (tertiary/aromatic N) is 1. The van der Waals surface area contributed by atoms with Crippen molar-refractivity contribution in [1.82, 2.24) is 5.32 Å². The fourth-order valence-electron chi connectivity index (χ4n) is 7.74. The summed E-state index contributed by atoms with van der Waals surface area (Å²) in [7, 11) is 0. The number of hydrogen-bond donors (Lipinski definition) is 1. The number of carbonyl (C=O) groups excluding carboxylic acids is 2. The van der Waals surface area contributed by atoms with Crippen LogP contribution in [0.2, 0.25) is 0 Å². The maximum Gasteiger partial charge on any atom is 0.252 e. The van der Waals surface area contributed by atoms with Crippen molar-refractivity contribution < 1.29 is 9.59 Å². The van der Waals surface area contributed by atoms with Gasteiger partial charge in [0.05, 0.1) is 12.1 Å². The lowest BCUT2D eigenvalue weighted by molar-refractivity contribution is 0.0930. The summed E-state index contributed by atoms with van der Waals surface area (Å²) in [6.07, 6.45) is 6.09. The zero-order valence-electron chi connectivity index (χ0n) is 26.2. The molecule has 8 rings (SSSR count). The maximum absolute atomic E-state index is 14.2. The molecule has 0 fully saturated rings. The van der Waals surface area contributed by atoms with Crippen molar-refractivity contribution in [2.24, 2.45) is 0 Å². The molecular weight excluding hydrogens is 597 g/mol. The van der Waals surface area contributed by atoms with Gasteiger partial charge in [-0.3, -0.25) is 9.59 Å². The topological polar surface area (TPSA) is 49.4 Å². The number of nitrogens with one attached hydrogen (secondary N) is 1. The number of benzene rings is 5. The molecule has 47 heavy (non-hydrogen) atoms. The second-order valence-electron chi connectivity index (χ2n) is 12.6. The van der Waals surface area contributed by atoms with Gasteiger partial charge in [-0.05, 0) is 87.7 Å². The van der Waals surface area contributed by atoms with Crippen molar-refractivity contribution in [3.8, 4) is 11.1 Å². The third kappa shape index (κ3) is 5.59. The Morgan fingerprint density at radius 3 is 2.40 bits per heavy atom.